The number of aromatic nitrogens is 1. The van der Waals surface area contributed by atoms with Crippen molar-refractivity contribution in [3.63, 3.8) is 0 Å². The van der Waals surface area contributed by atoms with Crippen LogP contribution in [-0.4, -0.2) is 29.1 Å². The molecule has 3 rings (SSSR count). The number of benzene rings is 2. The molecule has 0 unspecified atom stereocenters. The first-order valence-corrected chi connectivity index (χ1v) is 7.92. The SMILES string of the molecule is O=C(CCc1c(-c2ccccc2)[nH]c2ccc(F)cc12)NCCO. The van der Waals surface area contributed by atoms with Crippen LogP contribution in [0, 0.1) is 5.82 Å². The van der Waals surface area contributed by atoms with Crippen LogP contribution in [0.3, 0.4) is 0 Å². The lowest BCUT2D eigenvalue weighted by Gasteiger charge is -2.06. The Hall–Kier alpha value is -2.66. The minimum absolute atomic E-state index is 0.0840. The lowest BCUT2D eigenvalue weighted by Crippen LogP contribution is -2.26. The highest BCUT2D eigenvalue weighted by Crippen LogP contribution is 2.31. The van der Waals surface area contributed by atoms with Crippen molar-refractivity contribution < 1.29 is 14.3 Å². The maximum Gasteiger partial charge on any atom is 0.220 e. The molecular weight excluding hydrogens is 307 g/mol. The molecule has 2 aromatic carbocycles. The smallest absolute Gasteiger partial charge is 0.220 e. The van der Waals surface area contributed by atoms with Gasteiger partial charge in [0.1, 0.15) is 5.82 Å². The molecular formula is C19H19FN2O2. The van der Waals surface area contributed by atoms with E-state index in [2.05, 4.69) is 10.3 Å². The van der Waals surface area contributed by atoms with Crippen LogP contribution < -0.4 is 5.32 Å². The van der Waals surface area contributed by atoms with Gasteiger partial charge in [0.2, 0.25) is 5.91 Å². The molecule has 0 spiro atoms. The molecule has 0 fully saturated rings. The number of H-pyrrole nitrogens is 1. The molecule has 124 valence electrons. The number of aliphatic hydroxyl groups is 1. The summed E-state index contributed by atoms with van der Waals surface area (Å²) >= 11 is 0. The largest absolute Gasteiger partial charge is 0.395 e. The highest BCUT2D eigenvalue weighted by molar-refractivity contribution is 5.91. The minimum Gasteiger partial charge on any atom is -0.395 e. The van der Waals surface area contributed by atoms with Crippen LogP contribution in [0.5, 0.6) is 0 Å². The molecule has 1 heterocycles. The molecule has 3 N–H and O–H groups in total. The Morgan fingerprint density at radius 3 is 2.71 bits per heavy atom. The Morgan fingerprint density at radius 2 is 1.96 bits per heavy atom. The predicted molar refractivity (Wildman–Crippen MR) is 92.1 cm³/mol. The fourth-order valence-corrected chi connectivity index (χ4v) is 2.85. The molecule has 0 atom stereocenters. The van der Waals surface area contributed by atoms with E-state index in [9.17, 15) is 9.18 Å². The first kappa shape index (κ1) is 16.2. The van der Waals surface area contributed by atoms with Crippen LogP contribution in [-0.2, 0) is 11.2 Å². The summed E-state index contributed by atoms with van der Waals surface area (Å²) in [7, 11) is 0. The van der Waals surface area contributed by atoms with Gasteiger partial charge in [0.25, 0.3) is 0 Å². The second-order valence-corrected chi connectivity index (χ2v) is 5.61. The monoisotopic (exact) mass is 326 g/mol. The lowest BCUT2D eigenvalue weighted by atomic mass is 10.0. The first-order chi connectivity index (χ1) is 11.7. The quantitative estimate of drug-likeness (QED) is 0.652. The summed E-state index contributed by atoms with van der Waals surface area (Å²) in [6.07, 6.45) is 0.772. The number of aliphatic hydroxyl groups excluding tert-OH is 1. The second-order valence-electron chi connectivity index (χ2n) is 5.61. The normalized spacial score (nSPS) is 10.9. The van der Waals surface area contributed by atoms with Gasteiger partial charge in [-0.15, -0.1) is 0 Å². The van der Waals surface area contributed by atoms with E-state index in [4.69, 9.17) is 5.11 Å². The van der Waals surface area contributed by atoms with E-state index in [1.807, 2.05) is 30.3 Å². The number of amides is 1. The third-order valence-corrected chi connectivity index (χ3v) is 3.97. The maximum atomic E-state index is 13.7. The molecule has 4 nitrogen and oxygen atoms in total. The summed E-state index contributed by atoms with van der Waals surface area (Å²) in [5, 5.41) is 12.2. The first-order valence-electron chi connectivity index (χ1n) is 7.92. The number of nitrogens with one attached hydrogen (secondary N) is 2. The van der Waals surface area contributed by atoms with E-state index < -0.39 is 0 Å². The molecule has 3 aromatic rings. The summed E-state index contributed by atoms with van der Waals surface area (Å²) in [4.78, 5) is 15.2. The third-order valence-electron chi connectivity index (χ3n) is 3.97. The van der Waals surface area contributed by atoms with Crippen molar-refractivity contribution in [3.8, 4) is 11.3 Å². The summed E-state index contributed by atoms with van der Waals surface area (Å²) in [6.45, 7) is 0.159. The van der Waals surface area contributed by atoms with Crippen LogP contribution in [0.1, 0.15) is 12.0 Å². The second kappa shape index (κ2) is 7.27. The molecule has 0 radical (unpaired) electrons. The van der Waals surface area contributed by atoms with E-state index in [0.29, 0.717) is 6.42 Å². The van der Waals surface area contributed by atoms with Crippen molar-refractivity contribution in [2.45, 2.75) is 12.8 Å². The van der Waals surface area contributed by atoms with Crippen molar-refractivity contribution in [1.29, 1.82) is 0 Å². The van der Waals surface area contributed by atoms with E-state index in [-0.39, 0.29) is 31.3 Å². The fraction of sp³-hybridized carbons (Fsp3) is 0.211. The lowest BCUT2D eigenvalue weighted by molar-refractivity contribution is -0.121. The average Bonchev–Trinajstić information content (AvgIpc) is 2.96. The number of hydrogen-bond donors (Lipinski definition) is 3. The topological polar surface area (TPSA) is 65.1 Å². The zero-order chi connectivity index (χ0) is 16.9. The van der Waals surface area contributed by atoms with E-state index in [0.717, 1.165) is 27.7 Å². The number of carbonyl (C=O) groups excluding carboxylic acids is 1. The Labute approximate surface area is 139 Å². The van der Waals surface area contributed by atoms with Crippen LogP contribution in [0.15, 0.2) is 48.5 Å². The van der Waals surface area contributed by atoms with Crippen molar-refractivity contribution >= 4 is 16.8 Å². The van der Waals surface area contributed by atoms with Crippen molar-refractivity contribution in [2.24, 2.45) is 0 Å². The molecule has 1 amide bonds. The highest BCUT2D eigenvalue weighted by atomic mass is 19.1. The summed E-state index contributed by atoms with van der Waals surface area (Å²) < 4.78 is 13.7. The van der Waals surface area contributed by atoms with E-state index in [1.165, 1.54) is 12.1 Å². The molecule has 5 heteroatoms. The molecule has 1 aromatic heterocycles. The Balaban J connectivity index is 1.96. The molecule has 24 heavy (non-hydrogen) atoms. The Kier molecular flexibility index (Phi) is 4.91. The number of aryl methyl sites for hydroxylation is 1. The van der Waals surface area contributed by atoms with E-state index >= 15 is 0 Å². The van der Waals surface area contributed by atoms with Crippen LogP contribution in [0.25, 0.3) is 22.2 Å². The fourth-order valence-electron chi connectivity index (χ4n) is 2.85. The average molecular weight is 326 g/mol. The molecule has 0 saturated heterocycles. The van der Waals surface area contributed by atoms with Gasteiger partial charge in [-0.2, -0.15) is 0 Å². The molecule has 0 aliphatic heterocycles. The number of fused-ring (bicyclic) bond motifs is 1. The summed E-state index contributed by atoms with van der Waals surface area (Å²) in [6, 6.07) is 14.4. The van der Waals surface area contributed by atoms with E-state index in [1.54, 1.807) is 6.07 Å². The molecule has 0 aliphatic carbocycles. The molecule has 0 bridgehead atoms. The highest BCUT2D eigenvalue weighted by Gasteiger charge is 2.15. The number of aromatic amines is 1. The summed E-state index contributed by atoms with van der Waals surface area (Å²) in [5.41, 5.74) is 3.68. The van der Waals surface area contributed by atoms with Crippen molar-refractivity contribution in [1.82, 2.24) is 10.3 Å². The van der Waals surface area contributed by atoms with Gasteiger partial charge in [0, 0.05) is 29.6 Å². The van der Waals surface area contributed by atoms with Gasteiger partial charge in [0.05, 0.1) is 6.61 Å². The van der Waals surface area contributed by atoms with Gasteiger partial charge in [-0.25, -0.2) is 4.39 Å². The molecule has 0 aliphatic rings. The van der Waals surface area contributed by atoms with Crippen LogP contribution in [0.4, 0.5) is 4.39 Å². The van der Waals surface area contributed by atoms with Gasteiger partial charge in [-0.05, 0) is 35.7 Å². The standard InChI is InChI=1S/C19H19FN2O2/c20-14-6-8-17-16(12-14)15(7-9-18(24)21-10-11-23)19(22-17)13-4-2-1-3-5-13/h1-6,8,12,22-23H,7,9-11H2,(H,21,24). The third kappa shape index (κ3) is 3.46. The minimum atomic E-state index is -0.299. The number of carbonyl (C=O) groups is 1. The number of halogens is 1. The van der Waals surface area contributed by atoms with Crippen molar-refractivity contribution in [3.05, 3.63) is 59.9 Å². The Bertz CT molecular complexity index is 843. The van der Waals surface area contributed by atoms with Gasteiger partial charge in [-0.1, -0.05) is 30.3 Å². The predicted octanol–water partition coefficient (Wildman–Crippen LogP) is 3.02. The number of hydrogen-bond acceptors (Lipinski definition) is 2. The zero-order valence-corrected chi connectivity index (χ0v) is 13.2. The van der Waals surface area contributed by atoms with Gasteiger partial charge < -0.3 is 15.4 Å². The van der Waals surface area contributed by atoms with Crippen LogP contribution in [0.2, 0.25) is 0 Å². The molecule has 0 saturated carbocycles. The van der Waals surface area contributed by atoms with Gasteiger partial charge in [0.15, 0.2) is 0 Å². The maximum absolute atomic E-state index is 13.7. The zero-order valence-electron chi connectivity index (χ0n) is 13.2. The van der Waals surface area contributed by atoms with Gasteiger partial charge in [-0.3, -0.25) is 4.79 Å². The van der Waals surface area contributed by atoms with Crippen molar-refractivity contribution in [2.75, 3.05) is 13.2 Å². The Morgan fingerprint density at radius 1 is 1.17 bits per heavy atom. The van der Waals surface area contributed by atoms with Crippen LogP contribution >= 0.6 is 0 Å². The summed E-state index contributed by atoms with van der Waals surface area (Å²) in [5.74, 6) is -0.430. The number of rotatable bonds is 6. The van der Waals surface area contributed by atoms with Gasteiger partial charge >= 0.3 is 0 Å².